The molecule has 0 fully saturated rings. The maximum Gasteiger partial charge on any atom is 0.249 e. The summed E-state index contributed by atoms with van der Waals surface area (Å²) < 4.78 is 5.15. The van der Waals surface area contributed by atoms with Crippen molar-refractivity contribution in [3.8, 4) is 16.3 Å². The Morgan fingerprint density at radius 3 is 2.48 bits per heavy atom. The minimum Gasteiger partial charge on any atom is -0.497 e. The van der Waals surface area contributed by atoms with E-state index < -0.39 is 6.04 Å². The molecule has 2 aromatic rings. The van der Waals surface area contributed by atoms with Gasteiger partial charge in [0.15, 0.2) is 0 Å². The zero-order chi connectivity index (χ0) is 19.8. The highest BCUT2D eigenvalue weighted by Crippen LogP contribution is 2.28. The van der Waals surface area contributed by atoms with Gasteiger partial charge in [0.25, 0.3) is 0 Å². The van der Waals surface area contributed by atoms with Crippen LogP contribution in [0.4, 0.5) is 5.13 Å². The Morgan fingerprint density at radius 1 is 1.19 bits per heavy atom. The molecule has 7 nitrogen and oxygen atoms in total. The lowest BCUT2D eigenvalue weighted by Gasteiger charge is -2.22. The van der Waals surface area contributed by atoms with E-state index in [9.17, 15) is 9.59 Å². The molecule has 0 spiro atoms. The van der Waals surface area contributed by atoms with Gasteiger partial charge in [0.2, 0.25) is 16.9 Å². The number of carbonyl (C=O) groups excluding carboxylic acids is 2. The van der Waals surface area contributed by atoms with Crippen molar-refractivity contribution in [2.75, 3.05) is 12.4 Å². The monoisotopic (exact) mass is 390 g/mol. The maximum atomic E-state index is 12.7. The molecule has 27 heavy (non-hydrogen) atoms. The second kappa shape index (κ2) is 10.0. The number of nitrogens with zero attached hydrogens (tertiary/aromatic N) is 2. The Balaban J connectivity index is 2.08. The number of carbonyl (C=O) groups is 2. The fraction of sp³-hybridized carbons (Fsp3) is 0.474. The fourth-order valence-electron chi connectivity index (χ4n) is 2.48. The highest BCUT2D eigenvalue weighted by atomic mass is 32.1. The van der Waals surface area contributed by atoms with Crippen molar-refractivity contribution < 1.29 is 14.3 Å². The standard InChI is InChI=1S/C19H26N4O3S/c1-5-7-15(24)20-16(12(3)6-2)17(25)21-19-23-22-18(27-19)13-8-10-14(26-4)11-9-13/h8-12,16H,5-7H2,1-4H3,(H,20,24)(H,21,23,25)/t12-,16-/m1/s1. The fourth-order valence-corrected chi connectivity index (χ4v) is 3.23. The molecule has 8 heteroatoms. The van der Waals surface area contributed by atoms with Gasteiger partial charge in [-0.15, -0.1) is 10.2 Å². The number of nitrogens with one attached hydrogen (secondary N) is 2. The highest BCUT2D eigenvalue weighted by molar-refractivity contribution is 7.18. The third-order valence-corrected chi connectivity index (χ3v) is 5.17. The van der Waals surface area contributed by atoms with Crippen LogP contribution in [0.2, 0.25) is 0 Å². The van der Waals surface area contributed by atoms with Gasteiger partial charge in [0.1, 0.15) is 16.8 Å². The van der Waals surface area contributed by atoms with Gasteiger partial charge in [-0.1, -0.05) is 38.5 Å². The quantitative estimate of drug-likeness (QED) is 0.684. The Kier molecular flexibility index (Phi) is 7.72. The van der Waals surface area contributed by atoms with Crippen LogP contribution in [-0.2, 0) is 9.59 Å². The minimum absolute atomic E-state index is 0.0137. The molecule has 0 saturated heterocycles. The minimum atomic E-state index is -0.595. The third kappa shape index (κ3) is 5.75. The maximum absolute atomic E-state index is 12.7. The van der Waals surface area contributed by atoms with E-state index in [4.69, 9.17) is 4.74 Å². The number of anilines is 1. The lowest BCUT2D eigenvalue weighted by atomic mass is 9.98. The predicted octanol–water partition coefficient (Wildman–Crippen LogP) is 3.48. The van der Waals surface area contributed by atoms with Crippen molar-refractivity contribution >= 4 is 28.3 Å². The first-order valence-corrected chi connectivity index (χ1v) is 9.88. The zero-order valence-electron chi connectivity index (χ0n) is 16.1. The summed E-state index contributed by atoms with van der Waals surface area (Å²) in [6.45, 7) is 5.86. The number of amides is 2. The first kappa shape index (κ1) is 20.8. The largest absolute Gasteiger partial charge is 0.497 e. The van der Waals surface area contributed by atoms with Crippen molar-refractivity contribution in [1.82, 2.24) is 15.5 Å². The Labute approximate surface area is 163 Å². The lowest BCUT2D eigenvalue weighted by Crippen LogP contribution is -2.47. The van der Waals surface area contributed by atoms with Gasteiger partial charge < -0.3 is 10.1 Å². The molecular weight excluding hydrogens is 364 g/mol. The van der Waals surface area contributed by atoms with Crippen LogP contribution in [0.3, 0.4) is 0 Å². The van der Waals surface area contributed by atoms with Gasteiger partial charge in [-0.2, -0.15) is 0 Å². The first-order chi connectivity index (χ1) is 13.0. The molecule has 2 atom stereocenters. The molecule has 2 N–H and O–H groups in total. The molecule has 0 saturated carbocycles. The number of rotatable bonds is 9. The summed E-state index contributed by atoms with van der Waals surface area (Å²) in [5.41, 5.74) is 0.892. The smallest absolute Gasteiger partial charge is 0.249 e. The first-order valence-electron chi connectivity index (χ1n) is 9.06. The van der Waals surface area contributed by atoms with E-state index in [1.54, 1.807) is 7.11 Å². The summed E-state index contributed by atoms with van der Waals surface area (Å²) in [4.78, 5) is 24.6. The van der Waals surface area contributed by atoms with Crippen LogP contribution in [0.15, 0.2) is 24.3 Å². The van der Waals surface area contributed by atoms with Crippen molar-refractivity contribution in [3.05, 3.63) is 24.3 Å². The van der Waals surface area contributed by atoms with Crippen LogP contribution < -0.4 is 15.4 Å². The van der Waals surface area contributed by atoms with Gasteiger partial charge in [0.05, 0.1) is 7.11 Å². The Bertz CT molecular complexity index is 761. The van der Waals surface area contributed by atoms with Gasteiger partial charge in [-0.05, 0) is 36.6 Å². The highest BCUT2D eigenvalue weighted by Gasteiger charge is 2.26. The number of hydrogen-bond donors (Lipinski definition) is 2. The van der Waals surface area contributed by atoms with Crippen molar-refractivity contribution in [2.24, 2.45) is 5.92 Å². The van der Waals surface area contributed by atoms with E-state index in [0.29, 0.717) is 16.6 Å². The van der Waals surface area contributed by atoms with Crippen LogP contribution in [0.5, 0.6) is 5.75 Å². The topological polar surface area (TPSA) is 93.2 Å². The van der Waals surface area contributed by atoms with Gasteiger partial charge in [0, 0.05) is 12.0 Å². The van der Waals surface area contributed by atoms with Crippen molar-refractivity contribution in [2.45, 2.75) is 46.1 Å². The second-order valence-electron chi connectivity index (χ2n) is 6.31. The number of hydrogen-bond acceptors (Lipinski definition) is 6. The molecule has 1 aromatic carbocycles. The van der Waals surface area contributed by atoms with E-state index in [-0.39, 0.29) is 17.7 Å². The van der Waals surface area contributed by atoms with Crippen molar-refractivity contribution in [1.29, 1.82) is 0 Å². The van der Waals surface area contributed by atoms with Crippen LogP contribution in [0.25, 0.3) is 10.6 Å². The summed E-state index contributed by atoms with van der Waals surface area (Å²) in [5, 5.41) is 14.9. The second-order valence-corrected chi connectivity index (χ2v) is 7.29. The van der Waals surface area contributed by atoms with Gasteiger partial charge >= 0.3 is 0 Å². The van der Waals surface area contributed by atoms with Crippen LogP contribution in [0.1, 0.15) is 40.0 Å². The average molecular weight is 391 g/mol. The molecular formula is C19H26N4O3S. The van der Waals surface area contributed by atoms with E-state index in [2.05, 4.69) is 20.8 Å². The van der Waals surface area contributed by atoms with Crippen molar-refractivity contribution in [3.63, 3.8) is 0 Å². The molecule has 0 aliphatic rings. The van der Waals surface area contributed by atoms with Gasteiger partial charge in [-0.3, -0.25) is 14.9 Å². The summed E-state index contributed by atoms with van der Waals surface area (Å²) in [5.74, 6) is 0.385. The van der Waals surface area contributed by atoms with Crippen LogP contribution in [-0.4, -0.2) is 35.2 Å². The average Bonchev–Trinajstić information content (AvgIpc) is 3.14. The predicted molar refractivity (Wildman–Crippen MR) is 107 cm³/mol. The molecule has 0 aliphatic heterocycles. The van der Waals surface area contributed by atoms with E-state index in [1.807, 2.05) is 45.0 Å². The zero-order valence-corrected chi connectivity index (χ0v) is 16.9. The number of benzene rings is 1. The normalized spacial score (nSPS) is 12.9. The number of methoxy groups -OCH3 is 1. The van der Waals surface area contributed by atoms with Crippen LogP contribution >= 0.6 is 11.3 Å². The molecule has 2 amide bonds. The summed E-state index contributed by atoms with van der Waals surface area (Å²) in [7, 11) is 1.61. The molecule has 0 radical (unpaired) electrons. The summed E-state index contributed by atoms with van der Waals surface area (Å²) in [6, 6.07) is 6.87. The molecule has 0 bridgehead atoms. The van der Waals surface area contributed by atoms with Crippen LogP contribution in [0, 0.1) is 5.92 Å². The molecule has 2 rings (SSSR count). The summed E-state index contributed by atoms with van der Waals surface area (Å²) in [6.07, 6.45) is 1.92. The lowest BCUT2D eigenvalue weighted by molar-refractivity contribution is -0.127. The number of ether oxygens (including phenoxy) is 1. The van der Waals surface area contributed by atoms with Gasteiger partial charge in [-0.25, -0.2) is 0 Å². The van der Waals surface area contributed by atoms with E-state index >= 15 is 0 Å². The summed E-state index contributed by atoms with van der Waals surface area (Å²) >= 11 is 1.29. The molecule has 0 unspecified atom stereocenters. The molecule has 0 aliphatic carbocycles. The Morgan fingerprint density at radius 2 is 1.89 bits per heavy atom. The third-order valence-electron chi connectivity index (χ3n) is 4.28. The molecule has 146 valence electrons. The number of aromatic nitrogens is 2. The van der Waals surface area contributed by atoms with E-state index in [1.165, 1.54) is 11.3 Å². The molecule has 1 aromatic heterocycles. The molecule has 1 heterocycles. The Hall–Kier alpha value is -2.48. The van der Waals surface area contributed by atoms with E-state index in [0.717, 1.165) is 24.2 Å². The SMILES string of the molecule is CCCC(=O)N[C@@H](C(=O)Nc1nnc(-c2ccc(OC)cc2)s1)[C@H](C)CC.